The van der Waals surface area contributed by atoms with Crippen LogP contribution >= 0.6 is 0 Å². The van der Waals surface area contributed by atoms with Crippen LogP contribution in [0.2, 0.25) is 0 Å². The number of nitrogens with zero attached hydrogens (tertiary/aromatic N) is 1. The van der Waals surface area contributed by atoms with Gasteiger partial charge in [-0.1, -0.05) is 6.07 Å². The van der Waals surface area contributed by atoms with Crippen molar-refractivity contribution in [1.82, 2.24) is 15.6 Å². The number of nitrogens with one attached hydrogen (secondary N) is 2. The Kier molecular flexibility index (Phi) is 6.17. The molecule has 11 heteroatoms. The van der Waals surface area contributed by atoms with Crippen LogP contribution in [0.15, 0.2) is 48.8 Å². The molecule has 2 rings (SSSR count). The highest BCUT2D eigenvalue weighted by molar-refractivity contribution is 5.95. The van der Waals surface area contributed by atoms with Crippen LogP contribution in [-0.4, -0.2) is 36.0 Å². The molecule has 2 aromatic rings. The van der Waals surface area contributed by atoms with E-state index in [0.29, 0.717) is 0 Å². The van der Waals surface area contributed by atoms with Crippen molar-refractivity contribution < 1.29 is 35.9 Å². The second-order valence-electron chi connectivity index (χ2n) is 5.64. The van der Waals surface area contributed by atoms with Crippen LogP contribution in [0.4, 0.5) is 26.3 Å². The van der Waals surface area contributed by atoms with Gasteiger partial charge in [0.2, 0.25) is 0 Å². The Balaban J connectivity index is 2.37. The van der Waals surface area contributed by atoms with Gasteiger partial charge < -0.3 is 10.1 Å². The van der Waals surface area contributed by atoms with Crippen LogP contribution in [0.25, 0.3) is 0 Å². The molecule has 1 aromatic heterocycles. The van der Waals surface area contributed by atoms with Gasteiger partial charge in [0.1, 0.15) is 5.75 Å². The lowest BCUT2D eigenvalue weighted by Crippen LogP contribution is -2.75. The Morgan fingerprint density at radius 1 is 1.04 bits per heavy atom. The van der Waals surface area contributed by atoms with Crippen LogP contribution in [-0.2, 0) is 6.54 Å². The SMILES string of the molecule is COc1ccc(C(=O)NC(NCc2cccnc2)(C(F)(F)F)C(F)(F)F)cc1. The van der Waals surface area contributed by atoms with Crippen molar-refractivity contribution in [2.24, 2.45) is 0 Å². The van der Waals surface area contributed by atoms with Crippen molar-refractivity contribution in [3.05, 3.63) is 59.9 Å². The van der Waals surface area contributed by atoms with E-state index in [2.05, 4.69) is 4.98 Å². The summed E-state index contributed by atoms with van der Waals surface area (Å²) in [6, 6.07) is 7.22. The number of pyridine rings is 1. The number of methoxy groups -OCH3 is 1. The molecular weight excluding hydrogens is 392 g/mol. The number of alkyl halides is 6. The third-order valence-electron chi connectivity index (χ3n) is 3.78. The molecule has 0 saturated carbocycles. The molecule has 1 amide bonds. The standard InChI is InChI=1S/C17H15F6N3O2/c1-28-13-6-4-12(5-7-13)14(27)26-15(16(18,19)20,17(21,22)23)25-10-11-3-2-8-24-9-11/h2-9,25H,10H2,1H3,(H,26,27). The second-order valence-corrected chi connectivity index (χ2v) is 5.64. The topological polar surface area (TPSA) is 63.2 Å². The molecule has 0 atom stereocenters. The van der Waals surface area contributed by atoms with Crippen LogP contribution in [0.3, 0.4) is 0 Å². The van der Waals surface area contributed by atoms with Gasteiger partial charge in [-0.25, -0.2) is 0 Å². The summed E-state index contributed by atoms with van der Waals surface area (Å²) in [5, 5.41) is 2.48. The first-order valence-corrected chi connectivity index (χ1v) is 7.74. The van der Waals surface area contributed by atoms with E-state index < -0.39 is 36.0 Å². The average Bonchev–Trinajstić information content (AvgIpc) is 2.63. The average molecular weight is 407 g/mol. The molecule has 0 unspecified atom stereocenters. The van der Waals surface area contributed by atoms with Gasteiger partial charge in [0, 0.05) is 24.5 Å². The van der Waals surface area contributed by atoms with Crippen molar-refractivity contribution >= 4 is 5.91 Å². The molecule has 0 saturated heterocycles. The first-order chi connectivity index (χ1) is 13.0. The summed E-state index contributed by atoms with van der Waals surface area (Å²) in [4.78, 5) is 15.8. The zero-order valence-corrected chi connectivity index (χ0v) is 14.4. The summed E-state index contributed by atoms with van der Waals surface area (Å²) < 4.78 is 86.1. The van der Waals surface area contributed by atoms with Gasteiger partial charge in [-0.3, -0.25) is 15.1 Å². The number of halogens is 6. The fourth-order valence-electron chi connectivity index (χ4n) is 2.27. The minimum Gasteiger partial charge on any atom is -0.497 e. The maximum atomic E-state index is 13.5. The van der Waals surface area contributed by atoms with Gasteiger partial charge in [0.25, 0.3) is 11.6 Å². The van der Waals surface area contributed by atoms with E-state index in [1.54, 1.807) is 0 Å². The summed E-state index contributed by atoms with van der Waals surface area (Å²) in [6.07, 6.45) is -9.34. The fourth-order valence-corrected chi connectivity index (χ4v) is 2.27. The molecule has 0 spiro atoms. The van der Waals surface area contributed by atoms with Crippen LogP contribution in [0.1, 0.15) is 15.9 Å². The molecule has 0 fully saturated rings. The molecule has 0 aliphatic carbocycles. The summed E-state index contributed by atoms with van der Waals surface area (Å²) in [7, 11) is 1.32. The number of aromatic nitrogens is 1. The number of hydrogen-bond acceptors (Lipinski definition) is 4. The first kappa shape index (κ1) is 21.5. The monoisotopic (exact) mass is 407 g/mol. The summed E-state index contributed by atoms with van der Waals surface area (Å²) in [5.41, 5.74) is -4.99. The Bertz CT molecular complexity index is 777. The maximum Gasteiger partial charge on any atom is 0.434 e. The highest BCUT2D eigenvalue weighted by Gasteiger charge is 2.72. The van der Waals surface area contributed by atoms with Gasteiger partial charge >= 0.3 is 12.4 Å². The maximum absolute atomic E-state index is 13.5. The van der Waals surface area contributed by atoms with Crippen molar-refractivity contribution in [2.45, 2.75) is 24.6 Å². The largest absolute Gasteiger partial charge is 0.497 e. The summed E-state index contributed by atoms with van der Waals surface area (Å²) >= 11 is 0. The van der Waals surface area contributed by atoms with E-state index in [-0.39, 0.29) is 11.3 Å². The van der Waals surface area contributed by atoms with Gasteiger partial charge in [-0.15, -0.1) is 0 Å². The molecule has 0 aliphatic heterocycles. The van der Waals surface area contributed by atoms with Crippen molar-refractivity contribution in [2.75, 3.05) is 7.11 Å². The van der Waals surface area contributed by atoms with Gasteiger partial charge in [0.15, 0.2) is 0 Å². The van der Waals surface area contributed by atoms with Crippen molar-refractivity contribution in [3.63, 3.8) is 0 Å². The lowest BCUT2D eigenvalue weighted by atomic mass is 10.1. The quantitative estimate of drug-likeness (QED) is 0.569. The molecule has 28 heavy (non-hydrogen) atoms. The number of benzene rings is 1. The van der Waals surface area contributed by atoms with Gasteiger partial charge in [0.05, 0.1) is 7.11 Å². The van der Waals surface area contributed by atoms with Crippen molar-refractivity contribution in [1.29, 1.82) is 0 Å². The molecule has 0 bridgehead atoms. The second kappa shape index (κ2) is 8.05. The molecule has 5 nitrogen and oxygen atoms in total. The van der Waals surface area contributed by atoms with E-state index in [0.717, 1.165) is 23.6 Å². The molecule has 1 aromatic carbocycles. The molecule has 152 valence electrons. The Hall–Kier alpha value is -2.82. The Labute approximate surface area is 155 Å². The molecule has 0 radical (unpaired) electrons. The number of amides is 1. The molecule has 1 heterocycles. The smallest absolute Gasteiger partial charge is 0.434 e. The zero-order valence-electron chi connectivity index (χ0n) is 14.4. The third-order valence-corrected chi connectivity index (χ3v) is 3.78. The Morgan fingerprint density at radius 2 is 1.64 bits per heavy atom. The zero-order chi connectivity index (χ0) is 21.0. The minimum atomic E-state index is -5.88. The van der Waals surface area contributed by atoms with Crippen molar-refractivity contribution in [3.8, 4) is 5.75 Å². The normalized spacial score (nSPS) is 12.5. The number of carbonyl (C=O) groups is 1. The minimum absolute atomic E-state index is 0.0686. The predicted molar refractivity (Wildman–Crippen MR) is 86.4 cm³/mol. The van der Waals surface area contributed by atoms with Crippen LogP contribution in [0, 0.1) is 0 Å². The number of hydrogen-bond donors (Lipinski definition) is 2. The molecule has 2 N–H and O–H groups in total. The highest BCUT2D eigenvalue weighted by atomic mass is 19.4. The summed E-state index contributed by atoms with van der Waals surface area (Å²) in [5.74, 6) is -1.28. The lowest BCUT2D eigenvalue weighted by molar-refractivity contribution is -0.314. The molecule has 0 aliphatic rings. The van der Waals surface area contributed by atoms with Gasteiger partial charge in [-0.05, 0) is 35.9 Å². The van der Waals surface area contributed by atoms with E-state index in [1.165, 1.54) is 42.9 Å². The van der Waals surface area contributed by atoms with E-state index in [4.69, 9.17) is 4.74 Å². The number of ether oxygens (including phenoxy) is 1. The molecular formula is C17H15F6N3O2. The number of rotatable bonds is 6. The first-order valence-electron chi connectivity index (χ1n) is 7.74. The van der Waals surface area contributed by atoms with Gasteiger partial charge in [-0.2, -0.15) is 26.3 Å². The van der Waals surface area contributed by atoms with E-state index in [9.17, 15) is 31.1 Å². The lowest BCUT2D eigenvalue weighted by Gasteiger charge is -2.38. The highest BCUT2D eigenvalue weighted by Crippen LogP contribution is 2.41. The summed E-state index contributed by atoms with van der Waals surface area (Å²) in [6.45, 7) is -0.838. The Morgan fingerprint density at radius 3 is 2.11 bits per heavy atom. The van der Waals surface area contributed by atoms with E-state index in [1.807, 2.05) is 0 Å². The predicted octanol–water partition coefficient (Wildman–Crippen LogP) is 3.43. The van der Waals surface area contributed by atoms with Crippen LogP contribution in [0.5, 0.6) is 5.75 Å². The van der Waals surface area contributed by atoms with E-state index >= 15 is 0 Å². The third kappa shape index (κ3) is 4.53. The number of carbonyl (C=O) groups excluding carboxylic acids is 1. The van der Waals surface area contributed by atoms with Crippen LogP contribution < -0.4 is 15.4 Å². The fraction of sp³-hybridized carbons (Fsp3) is 0.294.